The molecule has 1 saturated heterocycles. The van der Waals surface area contributed by atoms with Crippen LogP contribution in [0.2, 0.25) is 0 Å². The van der Waals surface area contributed by atoms with Crippen molar-refractivity contribution in [3.63, 3.8) is 0 Å². The highest BCUT2D eigenvalue weighted by molar-refractivity contribution is 5.89. The Morgan fingerprint density at radius 1 is 1.33 bits per heavy atom. The van der Waals surface area contributed by atoms with Crippen molar-refractivity contribution in [2.24, 2.45) is 0 Å². The molecule has 1 aliphatic heterocycles. The van der Waals surface area contributed by atoms with Crippen LogP contribution in [0.15, 0.2) is 30.3 Å². The molecule has 0 bridgehead atoms. The molecular weight excluding hydrogens is 266 g/mol. The highest BCUT2D eigenvalue weighted by Gasteiger charge is 2.32. The van der Waals surface area contributed by atoms with Gasteiger partial charge in [-0.25, -0.2) is 0 Å². The number of hydrogen-bond acceptors (Lipinski definition) is 3. The topological polar surface area (TPSA) is 61.4 Å². The first-order valence-electron chi connectivity index (χ1n) is 7.47. The lowest BCUT2D eigenvalue weighted by Gasteiger charge is -2.17. The molecule has 0 aromatic heterocycles. The van der Waals surface area contributed by atoms with E-state index in [1.807, 2.05) is 42.3 Å². The quantitative estimate of drug-likeness (QED) is 0.733. The summed E-state index contributed by atoms with van der Waals surface area (Å²) in [6.45, 7) is 2.13. The van der Waals surface area contributed by atoms with E-state index in [4.69, 9.17) is 0 Å². The molecule has 1 aliphatic rings. The molecule has 0 aliphatic carbocycles. The van der Waals surface area contributed by atoms with Crippen molar-refractivity contribution in [2.75, 3.05) is 20.1 Å². The second-order valence-electron chi connectivity index (χ2n) is 5.36. The molecule has 5 nitrogen and oxygen atoms in total. The van der Waals surface area contributed by atoms with Crippen molar-refractivity contribution in [3.05, 3.63) is 35.9 Å². The van der Waals surface area contributed by atoms with E-state index in [2.05, 4.69) is 10.6 Å². The predicted octanol–water partition coefficient (Wildman–Crippen LogP) is 0.903. The fraction of sp³-hybridized carbons (Fsp3) is 0.500. The number of benzene rings is 1. The number of amides is 2. The Hall–Kier alpha value is -1.88. The second kappa shape index (κ2) is 7.78. The van der Waals surface area contributed by atoms with Gasteiger partial charge in [-0.3, -0.25) is 9.59 Å². The Bertz CT molecular complexity index is 476. The normalized spacial score (nSPS) is 18.0. The van der Waals surface area contributed by atoms with Crippen molar-refractivity contribution < 1.29 is 9.59 Å². The Balaban J connectivity index is 1.80. The Morgan fingerprint density at radius 3 is 2.81 bits per heavy atom. The van der Waals surface area contributed by atoms with Crippen molar-refractivity contribution in [1.29, 1.82) is 0 Å². The average Bonchev–Trinajstić information content (AvgIpc) is 2.82. The fourth-order valence-electron chi connectivity index (χ4n) is 2.53. The lowest BCUT2D eigenvalue weighted by Crippen LogP contribution is -2.41. The van der Waals surface area contributed by atoms with Crippen LogP contribution in [0.25, 0.3) is 0 Å². The summed E-state index contributed by atoms with van der Waals surface area (Å²) in [5.74, 6) is -0.00835. The number of nitrogens with one attached hydrogen (secondary N) is 2. The van der Waals surface area contributed by atoms with Gasteiger partial charge in [-0.2, -0.15) is 0 Å². The monoisotopic (exact) mass is 289 g/mol. The Morgan fingerprint density at radius 2 is 2.10 bits per heavy atom. The smallest absolute Gasteiger partial charge is 0.245 e. The zero-order chi connectivity index (χ0) is 15.1. The van der Waals surface area contributed by atoms with Crippen molar-refractivity contribution in [2.45, 2.75) is 31.8 Å². The largest absolute Gasteiger partial charge is 0.344 e. The van der Waals surface area contributed by atoms with Gasteiger partial charge in [0.15, 0.2) is 0 Å². The van der Waals surface area contributed by atoms with Crippen LogP contribution in [0, 0.1) is 0 Å². The zero-order valence-electron chi connectivity index (χ0n) is 12.5. The molecule has 1 atom stereocenters. The molecule has 5 heteroatoms. The second-order valence-corrected chi connectivity index (χ2v) is 5.36. The maximum Gasteiger partial charge on any atom is 0.245 e. The van der Waals surface area contributed by atoms with Gasteiger partial charge in [0, 0.05) is 19.5 Å². The third-order valence-corrected chi connectivity index (χ3v) is 3.68. The number of nitrogens with zero attached hydrogens (tertiary/aromatic N) is 1. The molecule has 0 saturated carbocycles. The number of rotatable bonds is 7. The molecule has 1 unspecified atom stereocenters. The summed E-state index contributed by atoms with van der Waals surface area (Å²) >= 11 is 0. The Kier molecular flexibility index (Phi) is 5.75. The van der Waals surface area contributed by atoms with Crippen LogP contribution in [0.5, 0.6) is 0 Å². The van der Waals surface area contributed by atoms with Gasteiger partial charge in [-0.15, -0.1) is 0 Å². The highest BCUT2D eigenvalue weighted by Crippen LogP contribution is 2.15. The minimum atomic E-state index is -0.351. The minimum absolute atomic E-state index is 0.0285. The molecule has 21 heavy (non-hydrogen) atoms. The summed E-state index contributed by atoms with van der Waals surface area (Å²) in [6, 6.07) is 9.57. The van der Waals surface area contributed by atoms with E-state index in [-0.39, 0.29) is 17.9 Å². The molecule has 0 radical (unpaired) electrons. The summed E-state index contributed by atoms with van der Waals surface area (Å²) < 4.78 is 0. The fourth-order valence-corrected chi connectivity index (χ4v) is 2.53. The maximum absolute atomic E-state index is 12.3. The number of hydrogen-bond donors (Lipinski definition) is 2. The van der Waals surface area contributed by atoms with E-state index in [9.17, 15) is 9.59 Å². The van der Waals surface area contributed by atoms with Crippen LogP contribution in [0.3, 0.4) is 0 Å². The maximum atomic E-state index is 12.3. The van der Waals surface area contributed by atoms with Crippen LogP contribution in [-0.2, 0) is 16.1 Å². The first kappa shape index (κ1) is 15.5. The first-order valence-corrected chi connectivity index (χ1v) is 7.47. The third-order valence-electron chi connectivity index (χ3n) is 3.68. The molecule has 1 aromatic rings. The number of carbonyl (C=O) groups excluding carboxylic acids is 2. The summed E-state index contributed by atoms with van der Waals surface area (Å²) in [7, 11) is 1.86. The molecular formula is C16H23N3O2. The van der Waals surface area contributed by atoms with E-state index in [0.717, 1.165) is 18.5 Å². The van der Waals surface area contributed by atoms with Crippen molar-refractivity contribution in [1.82, 2.24) is 15.5 Å². The van der Waals surface area contributed by atoms with Crippen LogP contribution in [0.1, 0.15) is 24.8 Å². The summed E-state index contributed by atoms with van der Waals surface area (Å²) in [4.78, 5) is 25.9. The molecule has 114 valence electrons. The number of likely N-dealkylation sites (tertiary alicyclic amines) is 1. The third kappa shape index (κ3) is 4.56. The summed E-state index contributed by atoms with van der Waals surface area (Å²) in [6.07, 6.45) is 1.95. The zero-order valence-corrected chi connectivity index (χ0v) is 12.5. The van der Waals surface area contributed by atoms with E-state index in [1.54, 1.807) is 0 Å². The van der Waals surface area contributed by atoms with E-state index in [1.165, 1.54) is 0 Å². The average molecular weight is 289 g/mol. The lowest BCUT2D eigenvalue weighted by atomic mass is 10.2. The van der Waals surface area contributed by atoms with Gasteiger partial charge >= 0.3 is 0 Å². The van der Waals surface area contributed by atoms with Crippen LogP contribution < -0.4 is 10.6 Å². The molecule has 1 fully saturated rings. The van der Waals surface area contributed by atoms with Gasteiger partial charge in [0.25, 0.3) is 0 Å². The standard InChI is InChI=1S/C16H23N3O2/c1-17-10-5-8-15(20)18-14-9-11-19(16(14)21)12-13-6-3-2-4-7-13/h2-4,6-7,14,17H,5,8-12H2,1H3,(H,18,20). The van der Waals surface area contributed by atoms with Crippen LogP contribution in [0.4, 0.5) is 0 Å². The van der Waals surface area contributed by atoms with Gasteiger partial charge in [0.1, 0.15) is 6.04 Å². The van der Waals surface area contributed by atoms with Gasteiger partial charge < -0.3 is 15.5 Å². The molecule has 0 spiro atoms. The van der Waals surface area contributed by atoms with Crippen LogP contribution in [-0.4, -0.2) is 42.9 Å². The highest BCUT2D eigenvalue weighted by atomic mass is 16.2. The number of carbonyl (C=O) groups is 2. The van der Waals surface area contributed by atoms with Gasteiger partial charge in [-0.05, 0) is 32.0 Å². The van der Waals surface area contributed by atoms with Crippen LogP contribution >= 0.6 is 0 Å². The van der Waals surface area contributed by atoms with Crippen molar-refractivity contribution in [3.8, 4) is 0 Å². The molecule has 2 rings (SSSR count). The first-order chi connectivity index (χ1) is 10.2. The SMILES string of the molecule is CNCCCC(=O)NC1CCN(Cc2ccccc2)C1=O. The van der Waals surface area contributed by atoms with E-state index >= 15 is 0 Å². The molecule has 1 heterocycles. The molecule has 1 aromatic carbocycles. The predicted molar refractivity (Wildman–Crippen MR) is 81.6 cm³/mol. The van der Waals surface area contributed by atoms with Gasteiger partial charge in [0.05, 0.1) is 0 Å². The van der Waals surface area contributed by atoms with Crippen molar-refractivity contribution >= 4 is 11.8 Å². The lowest BCUT2D eigenvalue weighted by molar-refractivity contribution is -0.133. The van der Waals surface area contributed by atoms with Gasteiger partial charge in [0.2, 0.25) is 11.8 Å². The minimum Gasteiger partial charge on any atom is -0.344 e. The Labute approximate surface area is 125 Å². The molecule has 2 N–H and O–H groups in total. The summed E-state index contributed by atoms with van der Waals surface area (Å²) in [5.41, 5.74) is 1.12. The summed E-state index contributed by atoms with van der Waals surface area (Å²) in [5, 5.41) is 5.85. The van der Waals surface area contributed by atoms with E-state index in [0.29, 0.717) is 25.9 Å². The van der Waals surface area contributed by atoms with E-state index < -0.39 is 0 Å². The van der Waals surface area contributed by atoms with Gasteiger partial charge in [-0.1, -0.05) is 30.3 Å². The molecule has 2 amide bonds.